The van der Waals surface area contributed by atoms with E-state index in [9.17, 15) is 0 Å². The van der Waals surface area contributed by atoms with Crippen molar-refractivity contribution in [3.63, 3.8) is 0 Å². The molecule has 7 nitrogen and oxygen atoms in total. The molecule has 0 amide bonds. The first-order chi connectivity index (χ1) is 3.46. The zero-order valence-corrected chi connectivity index (χ0v) is 12.6. The number of carboxylic acid groups (broad SMARTS) is 4. The largest absolute Gasteiger partial charge is 2.00 e. The number of carbonyl (C=O) groups is 2. The third-order valence-electron chi connectivity index (χ3n) is 0. The molecule has 0 radical (unpaired) electrons. The Bertz CT molecular complexity index is 74.7. The Kier molecular flexibility index (Phi) is 89.4. The van der Waals surface area contributed by atoms with E-state index >= 15 is 0 Å². The van der Waals surface area contributed by atoms with E-state index in [4.69, 9.17) is 30.0 Å². The van der Waals surface area contributed by atoms with Crippen LogP contribution in [0.5, 0.6) is 0 Å². The molecule has 0 rings (SSSR count). The summed E-state index contributed by atoms with van der Waals surface area (Å²) in [4.78, 5) is 16.7. The van der Waals surface area contributed by atoms with Crippen LogP contribution in [0.25, 0.3) is 0 Å². The molecular weight excluding hydrogens is 256 g/mol. The normalized spacial score (nSPS) is 4.00. The fourth-order valence-corrected chi connectivity index (χ4v) is 0. The van der Waals surface area contributed by atoms with E-state index in [0.717, 1.165) is 0 Å². The predicted molar refractivity (Wildman–Crippen MR) is 28.7 cm³/mol. The minimum atomic E-state index is -2.33. The van der Waals surface area contributed by atoms with Gasteiger partial charge in [-0.15, -0.1) is 0 Å². The van der Waals surface area contributed by atoms with Gasteiger partial charge in [-0.1, -0.05) is 0 Å². The molecule has 0 unspecified atom stereocenters. The molecule has 0 saturated carbocycles. The van der Waals surface area contributed by atoms with Gasteiger partial charge >= 0.3 is 113 Å². The summed E-state index contributed by atoms with van der Waals surface area (Å²) in [5, 5.41) is 33.3. The smallest absolute Gasteiger partial charge is 2.00 e. The Balaban J connectivity index is -0.0000000112. The molecule has 0 aliphatic rings. The average molecular weight is 256 g/mol. The summed E-state index contributed by atoms with van der Waals surface area (Å²) in [5.74, 6) is 0. The third-order valence-corrected chi connectivity index (χ3v) is 0. The van der Waals surface area contributed by atoms with Gasteiger partial charge in [0.15, 0.2) is 0 Å². The first-order valence-electron chi connectivity index (χ1n) is 1.22. The van der Waals surface area contributed by atoms with Gasteiger partial charge in [-0.25, -0.2) is 0 Å². The van der Waals surface area contributed by atoms with E-state index in [2.05, 4.69) is 0 Å². The molecule has 0 aliphatic heterocycles. The second kappa shape index (κ2) is 29.2. The van der Waals surface area contributed by atoms with Gasteiger partial charge in [0.05, 0.1) is 0 Å². The summed E-state index contributed by atoms with van der Waals surface area (Å²) in [6, 6.07) is 0. The van der Waals surface area contributed by atoms with Crippen LogP contribution in [-0.2, 0) is 5.48 Å². The molecule has 0 aliphatic carbocycles. The zero-order valence-electron chi connectivity index (χ0n) is 5.98. The van der Waals surface area contributed by atoms with Crippen LogP contribution in [0, 0.1) is 0 Å². The van der Waals surface area contributed by atoms with E-state index < -0.39 is 12.3 Å². The molecule has 56 valence electrons. The van der Waals surface area contributed by atoms with Crippen LogP contribution >= 0.6 is 0 Å². The van der Waals surface area contributed by atoms with Gasteiger partial charge in [-0.05, 0) is 12.3 Å². The summed E-state index contributed by atoms with van der Waals surface area (Å²) in [6.45, 7) is 0. The van der Waals surface area contributed by atoms with Gasteiger partial charge < -0.3 is 35.5 Å². The second-order valence-corrected chi connectivity index (χ2v) is 0.500. The van der Waals surface area contributed by atoms with Crippen molar-refractivity contribution in [2.75, 3.05) is 0 Å². The summed E-state index contributed by atoms with van der Waals surface area (Å²) in [7, 11) is 0. The van der Waals surface area contributed by atoms with Crippen molar-refractivity contribution in [3.8, 4) is 0 Å². The van der Waals surface area contributed by atoms with E-state index in [1.807, 2.05) is 0 Å². The minimum absolute atomic E-state index is 0. The second-order valence-electron chi connectivity index (χ2n) is 0.500. The van der Waals surface area contributed by atoms with Crippen LogP contribution in [0.3, 0.4) is 0 Å². The first-order valence-corrected chi connectivity index (χ1v) is 1.22. The van der Waals surface area contributed by atoms with Gasteiger partial charge in [0, 0.05) is 0 Å². The molecule has 0 heterocycles. The van der Waals surface area contributed by atoms with E-state index in [1.165, 1.54) is 0 Å². The monoisotopic (exact) mass is 256 g/mol. The molecule has 0 saturated heterocycles. The first kappa shape index (κ1) is 36.7. The quantitative estimate of drug-likeness (QED) is 0.392. The van der Waals surface area contributed by atoms with Gasteiger partial charge in [0.1, 0.15) is 0 Å². The van der Waals surface area contributed by atoms with Crippen LogP contribution in [0.1, 0.15) is 0 Å². The molecule has 10 heteroatoms. The molecule has 0 atom stereocenters. The molecule has 0 bridgehead atoms. The van der Waals surface area contributed by atoms with Crippen LogP contribution in [0.15, 0.2) is 0 Å². The Hall–Kier alpha value is 2.28. The number of hydrogen-bond donors (Lipinski definition) is 0. The molecule has 0 fully saturated rings. The number of carbonyl (C=O) groups excluding carboxylic acids is 2. The van der Waals surface area contributed by atoms with Crippen LogP contribution < -0.4 is 20.4 Å². The summed E-state index contributed by atoms with van der Waals surface area (Å²) >= 11 is 0. The van der Waals surface area contributed by atoms with Crippen molar-refractivity contribution < 1.29 is 35.5 Å². The zero-order chi connectivity index (χ0) is 7.15. The SMILES string of the molecule is O=C([O-])[O-].O=C([O-])[O-].[Ca+2].[Ca+2].[Ca+2].[O-2]. The Morgan fingerprint density at radius 3 is 0.667 bits per heavy atom. The maximum atomic E-state index is 8.33. The molecule has 12 heavy (non-hydrogen) atoms. The molecule has 0 N–H and O–H groups in total. The number of hydrogen-bond acceptors (Lipinski definition) is 6. The summed E-state index contributed by atoms with van der Waals surface area (Å²) in [5.41, 5.74) is 0. The summed E-state index contributed by atoms with van der Waals surface area (Å²) in [6.07, 6.45) is -4.67. The van der Waals surface area contributed by atoms with Crippen molar-refractivity contribution in [2.24, 2.45) is 0 Å². The summed E-state index contributed by atoms with van der Waals surface area (Å²) < 4.78 is 0. The molecule has 0 aromatic carbocycles. The van der Waals surface area contributed by atoms with Crippen molar-refractivity contribution in [2.45, 2.75) is 0 Å². The standard InChI is InChI=1S/2CH2O3.3Ca.O/c2*2-1(3)4;;;;/h2*(H2,2,3,4);;;;/q;;3*+2;-2/p-4. The van der Waals surface area contributed by atoms with Crippen LogP contribution in [0.2, 0.25) is 0 Å². The maximum absolute atomic E-state index is 8.33. The van der Waals surface area contributed by atoms with E-state index in [-0.39, 0.29) is 119 Å². The Morgan fingerprint density at radius 2 is 0.667 bits per heavy atom. The van der Waals surface area contributed by atoms with Crippen molar-refractivity contribution in [3.05, 3.63) is 0 Å². The maximum Gasteiger partial charge on any atom is 2.00 e. The fourth-order valence-electron chi connectivity index (χ4n) is 0. The van der Waals surface area contributed by atoms with Gasteiger partial charge in [-0.2, -0.15) is 0 Å². The Morgan fingerprint density at radius 1 is 0.667 bits per heavy atom. The van der Waals surface area contributed by atoms with Gasteiger partial charge in [0.2, 0.25) is 0 Å². The third kappa shape index (κ3) is 301. The fraction of sp³-hybridized carbons (Fsp3) is 0. The topological polar surface area (TPSA) is 155 Å². The van der Waals surface area contributed by atoms with Crippen molar-refractivity contribution in [1.29, 1.82) is 0 Å². The molecule has 0 aromatic heterocycles. The van der Waals surface area contributed by atoms with Crippen LogP contribution in [0.4, 0.5) is 9.59 Å². The predicted octanol–water partition coefficient (Wildman–Crippen LogP) is -6.16. The Labute approximate surface area is 157 Å². The van der Waals surface area contributed by atoms with Crippen molar-refractivity contribution >= 4 is 126 Å². The van der Waals surface area contributed by atoms with Crippen LogP contribution in [-0.4, -0.2) is 126 Å². The number of rotatable bonds is 0. The van der Waals surface area contributed by atoms with E-state index in [1.54, 1.807) is 0 Å². The minimum Gasteiger partial charge on any atom is -2.00 e. The molecule has 0 spiro atoms. The van der Waals surface area contributed by atoms with E-state index in [0.29, 0.717) is 0 Å². The molecule has 0 aromatic rings. The van der Waals surface area contributed by atoms with Crippen molar-refractivity contribution in [1.82, 2.24) is 0 Å². The van der Waals surface area contributed by atoms with Gasteiger partial charge in [-0.3, -0.25) is 0 Å². The van der Waals surface area contributed by atoms with Gasteiger partial charge in [0.25, 0.3) is 0 Å². The molecular formula is C2Ca3O7. The average Bonchev–Trinajstić information content (AvgIpc) is 1.25.